The van der Waals surface area contributed by atoms with E-state index in [0.29, 0.717) is 36.5 Å². The summed E-state index contributed by atoms with van der Waals surface area (Å²) in [7, 11) is -7.12. The molecule has 2 aromatic carbocycles. The molecular weight excluding hydrogens is 490 g/mol. The number of benzene rings is 2. The third kappa shape index (κ3) is 5.52. The number of hydrogen-bond donors (Lipinski definition) is 1. The van der Waals surface area contributed by atoms with E-state index in [-0.39, 0.29) is 23.5 Å². The first-order chi connectivity index (χ1) is 16.5. The Morgan fingerprint density at radius 3 is 2.46 bits per heavy atom. The Balaban J connectivity index is 1.60. The summed E-state index contributed by atoms with van der Waals surface area (Å²) >= 11 is 0. The second kappa shape index (κ2) is 9.63. The molecule has 0 amide bonds. The number of nitrogens with zero attached hydrogens (tertiary/aromatic N) is 2. The maximum atomic E-state index is 13.3. The van der Waals surface area contributed by atoms with Gasteiger partial charge >= 0.3 is 0 Å². The Labute approximate surface area is 205 Å². The van der Waals surface area contributed by atoms with Crippen molar-refractivity contribution in [3.63, 3.8) is 0 Å². The highest BCUT2D eigenvalue weighted by Gasteiger charge is 2.34. The van der Waals surface area contributed by atoms with Crippen molar-refractivity contribution >= 4 is 42.9 Å². The molecular formula is C24H29N3O6S2. The van der Waals surface area contributed by atoms with E-state index < -0.39 is 20.0 Å². The average Bonchev–Trinajstić information content (AvgIpc) is 3.39. The largest absolute Gasteiger partial charge is 0.491 e. The molecule has 0 aliphatic carbocycles. The Hall–Kier alpha value is -2.89. The van der Waals surface area contributed by atoms with Gasteiger partial charge in [-0.15, -0.1) is 0 Å². The maximum Gasteiger partial charge on any atom is 0.243 e. The standard InChI is InChI=1S/C24H29N3O6S2/c1-17(2)33-20-5-7-21(8-6-20)35(31,32)27-11-10-18(15-27)23-16-26(12-13-28)24-14-19(4-9-22(23)24)25-34(3,29)30/h4-9,13-14,16-18,25H,10-12,15H2,1-3H3. The van der Waals surface area contributed by atoms with E-state index in [9.17, 15) is 21.6 Å². The van der Waals surface area contributed by atoms with Gasteiger partial charge in [0, 0.05) is 30.6 Å². The average molecular weight is 520 g/mol. The number of nitrogens with one attached hydrogen (secondary N) is 1. The Kier molecular flexibility index (Phi) is 6.94. The van der Waals surface area contributed by atoms with Gasteiger partial charge in [-0.25, -0.2) is 16.8 Å². The first kappa shape index (κ1) is 25.2. The van der Waals surface area contributed by atoms with Crippen LogP contribution >= 0.6 is 0 Å². The Bertz CT molecular complexity index is 1440. The van der Waals surface area contributed by atoms with E-state index in [1.165, 1.54) is 4.31 Å². The van der Waals surface area contributed by atoms with Crippen molar-refractivity contribution in [3.8, 4) is 5.75 Å². The highest BCUT2D eigenvalue weighted by Crippen LogP contribution is 2.37. The van der Waals surface area contributed by atoms with Gasteiger partial charge in [-0.2, -0.15) is 4.31 Å². The van der Waals surface area contributed by atoms with Crippen LogP contribution in [0.5, 0.6) is 5.75 Å². The Morgan fingerprint density at radius 2 is 1.83 bits per heavy atom. The molecule has 0 bridgehead atoms. The molecule has 35 heavy (non-hydrogen) atoms. The van der Waals surface area contributed by atoms with Crippen LogP contribution in [0.25, 0.3) is 10.9 Å². The van der Waals surface area contributed by atoms with Crippen molar-refractivity contribution in [2.24, 2.45) is 0 Å². The second-order valence-electron chi connectivity index (χ2n) is 9.00. The molecule has 1 aromatic heterocycles. The number of sulfonamides is 2. The topological polar surface area (TPSA) is 115 Å². The number of fused-ring (bicyclic) bond motifs is 1. The lowest BCUT2D eigenvalue weighted by Gasteiger charge is -2.17. The van der Waals surface area contributed by atoms with E-state index in [0.717, 1.165) is 23.5 Å². The molecule has 1 fully saturated rings. The second-order valence-corrected chi connectivity index (χ2v) is 12.7. The summed E-state index contributed by atoms with van der Waals surface area (Å²) in [5.74, 6) is 0.559. The Morgan fingerprint density at radius 1 is 1.11 bits per heavy atom. The lowest BCUT2D eigenvalue weighted by atomic mass is 9.98. The fraction of sp³-hybridized carbons (Fsp3) is 0.375. The minimum Gasteiger partial charge on any atom is -0.491 e. The van der Waals surface area contributed by atoms with E-state index in [1.807, 2.05) is 26.1 Å². The fourth-order valence-corrected chi connectivity index (χ4v) is 6.52. The minimum absolute atomic E-state index is 0.00335. The van der Waals surface area contributed by atoms with E-state index in [4.69, 9.17) is 4.74 Å². The highest BCUT2D eigenvalue weighted by atomic mass is 32.2. The lowest BCUT2D eigenvalue weighted by molar-refractivity contribution is -0.108. The molecule has 4 rings (SSSR count). The summed E-state index contributed by atoms with van der Waals surface area (Å²) in [4.78, 5) is 11.5. The zero-order valence-electron chi connectivity index (χ0n) is 19.8. The van der Waals surface area contributed by atoms with Crippen LogP contribution in [0.2, 0.25) is 0 Å². The molecule has 2 heterocycles. The van der Waals surface area contributed by atoms with Crippen molar-refractivity contribution in [2.45, 2.75) is 43.7 Å². The number of rotatable bonds is 9. The van der Waals surface area contributed by atoms with Gasteiger partial charge in [-0.3, -0.25) is 4.72 Å². The third-order valence-corrected chi connectivity index (χ3v) is 8.40. The van der Waals surface area contributed by atoms with Gasteiger partial charge in [0.2, 0.25) is 20.0 Å². The molecule has 1 saturated heterocycles. The summed E-state index contributed by atoms with van der Waals surface area (Å²) in [5.41, 5.74) is 2.05. The van der Waals surface area contributed by atoms with Gasteiger partial charge in [0.15, 0.2) is 0 Å². The summed E-state index contributed by atoms with van der Waals surface area (Å²) in [6.07, 6.45) is 4.35. The van der Waals surface area contributed by atoms with Crippen molar-refractivity contribution in [1.82, 2.24) is 8.87 Å². The number of anilines is 1. The molecule has 1 atom stereocenters. The molecule has 1 N–H and O–H groups in total. The van der Waals surface area contributed by atoms with Gasteiger partial charge in [-0.05, 0) is 62.2 Å². The normalized spacial score (nSPS) is 17.2. The monoisotopic (exact) mass is 519 g/mol. The van der Waals surface area contributed by atoms with Crippen molar-refractivity contribution in [1.29, 1.82) is 0 Å². The van der Waals surface area contributed by atoms with Crippen LogP contribution in [0.15, 0.2) is 53.6 Å². The smallest absolute Gasteiger partial charge is 0.243 e. The summed E-state index contributed by atoms with van der Waals surface area (Å²) in [6, 6.07) is 11.6. The van der Waals surface area contributed by atoms with Crippen LogP contribution in [0.3, 0.4) is 0 Å². The quantitative estimate of drug-likeness (QED) is 0.434. The van der Waals surface area contributed by atoms with Crippen LogP contribution in [-0.4, -0.2) is 57.4 Å². The number of aldehydes is 1. The molecule has 0 saturated carbocycles. The van der Waals surface area contributed by atoms with Gasteiger partial charge in [0.1, 0.15) is 12.0 Å². The van der Waals surface area contributed by atoms with Crippen LogP contribution < -0.4 is 9.46 Å². The summed E-state index contributed by atoms with van der Waals surface area (Å²) < 4.78 is 61.1. The molecule has 3 aromatic rings. The minimum atomic E-state index is -3.67. The van der Waals surface area contributed by atoms with Gasteiger partial charge in [-0.1, -0.05) is 6.07 Å². The van der Waals surface area contributed by atoms with Crippen LogP contribution in [0, 0.1) is 0 Å². The van der Waals surface area contributed by atoms with Crippen LogP contribution in [0.4, 0.5) is 5.69 Å². The first-order valence-corrected chi connectivity index (χ1v) is 14.6. The first-order valence-electron chi connectivity index (χ1n) is 11.3. The maximum absolute atomic E-state index is 13.3. The molecule has 9 nitrogen and oxygen atoms in total. The predicted molar refractivity (Wildman–Crippen MR) is 135 cm³/mol. The van der Waals surface area contributed by atoms with Gasteiger partial charge in [0.05, 0.1) is 35.0 Å². The molecule has 1 unspecified atom stereocenters. The molecule has 1 aliphatic heterocycles. The third-order valence-electron chi connectivity index (χ3n) is 5.91. The van der Waals surface area contributed by atoms with Crippen molar-refractivity contribution < 1.29 is 26.4 Å². The fourth-order valence-electron chi connectivity index (χ4n) is 4.47. The molecule has 188 valence electrons. The predicted octanol–water partition coefficient (Wildman–Crippen LogP) is 3.18. The number of hydrogen-bond acceptors (Lipinski definition) is 6. The summed E-state index contributed by atoms with van der Waals surface area (Å²) in [5, 5.41) is 0.866. The number of ether oxygens (including phenoxy) is 1. The zero-order chi connectivity index (χ0) is 25.4. The van der Waals surface area contributed by atoms with Crippen LogP contribution in [0.1, 0.15) is 31.7 Å². The molecule has 0 radical (unpaired) electrons. The highest BCUT2D eigenvalue weighted by molar-refractivity contribution is 7.92. The molecule has 11 heteroatoms. The zero-order valence-corrected chi connectivity index (χ0v) is 21.5. The number of carbonyl (C=O) groups is 1. The van der Waals surface area contributed by atoms with Crippen molar-refractivity contribution in [2.75, 3.05) is 24.1 Å². The van der Waals surface area contributed by atoms with Gasteiger partial charge < -0.3 is 14.1 Å². The number of aromatic nitrogens is 1. The van der Waals surface area contributed by atoms with E-state index in [1.54, 1.807) is 41.0 Å². The molecule has 1 aliphatic rings. The molecule has 0 spiro atoms. The van der Waals surface area contributed by atoms with Crippen molar-refractivity contribution in [3.05, 3.63) is 54.2 Å². The van der Waals surface area contributed by atoms with E-state index in [2.05, 4.69) is 4.72 Å². The van der Waals surface area contributed by atoms with Gasteiger partial charge in [0.25, 0.3) is 0 Å². The van der Waals surface area contributed by atoms with E-state index >= 15 is 0 Å². The SMILES string of the molecule is CC(C)Oc1ccc(S(=O)(=O)N2CCC(c3cn(CC=O)c4cc(NS(C)(=O)=O)ccc34)C2)cc1. The summed E-state index contributed by atoms with van der Waals surface area (Å²) in [6.45, 7) is 4.62. The number of carbonyl (C=O) groups excluding carboxylic acids is 1. The van der Waals surface area contributed by atoms with Crippen LogP contribution in [-0.2, 0) is 31.4 Å². The lowest BCUT2D eigenvalue weighted by Crippen LogP contribution is -2.28.